The molecule has 8 nitrogen and oxygen atoms in total. The van der Waals surface area contributed by atoms with E-state index in [1.165, 1.54) is 0 Å². The van der Waals surface area contributed by atoms with Gasteiger partial charge < -0.3 is 4.74 Å². The first-order valence-electron chi connectivity index (χ1n) is 12.0. The first-order valence-corrected chi connectivity index (χ1v) is 12.0. The van der Waals surface area contributed by atoms with Gasteiger partial charge in [-0.2, -0.15) is 0 Å². The van der Waals surface area contributed by atoms with Gasteiger partial charge in [0.05, 0.1) is 18.8 Å². The summed E-state index contributed by atoms with van der Waals surface area (Å²) in [5, 5.41) is 3.91. The zero-order chi connectivity index (χ0) is 25.8. The van der Waals surface area contributed by atoms with E-state index in [2.05, 4.69) is 15.1 Å². The van der Waals surface area contributed by atoms with Gasteiger partial charge in [-0.15, -0.1) is 0 Å². The average molecular weight is 495 g/mol. The van der Waals surface area contributed by atoms with Crippen molar-refractivity contribution in [3.8, 4) is 28.5 Å². The molecule has 3 aromatic carbocycles. The maximum Gasteiger partial charge on any atom is 0.439 e. The lowest BCUT2D eigenvalue weighted by atomic mass is 9.97. The Kier molecular flexibility index (Phi) is 6.81. The lowest BCUT2D eigenvalue weighted by Crippen LogP contribution is -2.28. The molecule has 5 aromatic rings. The minimum atomic E-state index is -0.637. The van der Waals surface area contributed by atoms with E-state index >= 15 is 0 Å². The van der Waals surface area contributed by atoms with Gasteiger partial charge in [-0.05, 0) is 42.2 Å². The number of aromatic amines is 1. The van der Waals surface area contributed by atoms with Crippen LogP contribution in [0.25, 0.3) is 22.5 Å². The Morgan fingerprint density at radius 3 is 2.32 bits per heavy atom. The number of nitrogens with one attached hydrogen (secondary N) is 1. The van der Waals surface area contributed by atoms with Crippen molar-refractivity contribution in [1.29, 1.82) is 0 Å². The van der Waals surface area contributed by atoms with Gasteiger partial charge in [0.2, 0.25) is 0 Å². The number of ether oxygens (including phenoxy) is 1. The third kappa shape index (κ3) is 5.13. The summed E-state index contributed by atoms with van der Waals surface area (Å²) in [5.74, 6) is -0.322. The molecule has 186 valence electrons. The summed E-state index contributed by atoms with van der Waals surface area (Å²) in [6.07, 6.45) is 0.475. The lowest BCUT2D eigenvalue weighted by molar-refractivity contribution is 0.290. The Hall–Kier alpha value is -4.72. The maximum absolute atomic E-state index is 13.7. The van der Waals surface area contributed by atoms with Crippen LogP contribution >= 0.6 is 0 Å². The second-order valence-corrected chi connectivity index (χ2v) is 8.63. The summed E-state index contributed by atoms with van der Waals surface area (Å²) >= 11 is 0. The van der Waals surface area contributed by atoms with Crippen molar-refractivity contribution in [2.45, 2.75) is 26.8 Å². The van der Waals surface area contributed by atoms with Crippen LogP contribution in [0.15, 0.2) is 93.0 Å². The predicted octanol–water partition coefficient (Wildman–Crippen LogP) is 4.60. The highest BCUT2D eigenvalue weighted by molar-refractivity contribution is 5.80. The topological polar surface area (TPSA) is 103 Å². The van der Waals surface area contributed by atoms with E-state index in [1.54, 1.807) is 4.57 Å². The normalized spacial score (nSPS) is 11.0. The van der Waals surface area contributed by atoms with Gasteiger partial charge in [0.15, 0.2) is 5.82 Å². The Morgan fingerprint density at radius 1 is 0.919 bits per heavy atom. The van der Waals surface area contributed by atoms with E-state index in [-0.39, 0.29) is 18.1 Å². The first kappa shape index (κ1) is 24.0. The number of rotatable bonds is 8. The molecular weight excluding hydrogens is 468 g/mol. The van der Waals surface area contributed by atoms with Crippen LogP contribution in [0.2, 0.25) is 0 Å². The van der Waals surface area contributed by atoms with E-state index in [0.29, 0.717) is 35.7 Å². The fraction of sp³-hybridized carbons (Fsp3) is 0.172. The number of hydrogen-bond acceptors (Lipinski definition) is 6. The van der Waals surface area contributed by atoms with E-state index < -0.39 is 5.76 Å². The van der Waals surface area contributed by atoms with Gasteiger partial charge >= 0.3 is 5.76 Å². The summed E-state index contributed by atoms with van der Waals surface area (Å²) < 4.78 is 12.1. The van der Waals surface area contributed by atoms with Crippen LogP contribution in [0, 0.1) is 6.92 Å². The molecular formula is C29H26N4O4. The molecule has 0 amide bonds. The van der Waals surface area contributed by atoms with Gasteiger partial charge in [-0.25, -0.2) is 9.78 Å². The summed E-state index contributed by atoms with van der Waals surface area (Å²) in [7, 11) is 0. The van der Waals surface area contributed by atoms with Crippen LogP contribution in [0.5, 0.6) is 6.01 Å². The zero-order valence-electron chi connectivity index (χ0n) is 20.6. The molecule has 0 unspecified atom stereocenters. The predicted molar refractivity (Wildman–Crippen MR) is 141 cm³/mol. The zero-order valence-corrected chi connectivity index (χ0v) is 20.6. The largest absolute Gasteiger partial charge is 0.465 e. The van der Waals surface area contributed by atoms with Crippen molar-refractivity contribution in [1.82, 2.24) is 19.7 Å². The summed E-state index contributed by atoms with van der Waals surface area (Å²) in [4.78, 5) is 32.7. The fourth-order valence-corrected chi connectivity index (χ4v) is 4.34. The van der Waals surface area contributed by atoms with Gasteiger partial charge in [0.1, 0.15) is 0 Å². The Balaban J connectivity index is 1.60. The molecule has 0 radical (unpaired) electrons. The van der Waals surface area contributed by atoms with Crippen molar-refractivity contribution in [2.24, 2.45) is 0 Å². The molecule has 37 heavy (non-hydrogen) atoms. The molecule has 1 N–H and O–H groups in total. The molecule has 0 saturated heterocycles. The van der Waals surface area contributed by atoms with Crippen molar-refractivity contribution < 1.29 is 9.26 Å². The molecule has 0 bridgehead atoms. The third-order valence-electron chi connectivity index (χ3n) is 6.14. The summed E-state index contributed by atoms with van der Waals surface area (Å²) in [5.41, 5.74) is 5.49. The fourth-order valence-electron chi connectivity index (χ4n) is 4.34. The van der Waals surface area contributed by atoms with Crippen molar-refractivity contribution in [3.63, 3.8) is 0 Å². The molecule has 0 fully saturated rings. The van der Waals surface area contributed by atoms with Crippen LogP contribution in [0.3, 0.4) is 0 Å². The molecule has 2 aromatic heterocycles. The minimum Gasteiger partial charge on any atom is -0.465 e. The first-order chi connectivity index (χ1) is 18.0. The second-order valence-electron chi connectivity index (χ2n) is 8.63. The van der Waals surface area contributed by atoms with Crippen LogP contribution in [-0.4, -0.2) is 26.3 Å². The van der Waals surface area contributed by atoms with Crippen molar-refractivity contribution in [2.75, 3.05) is 6.61 Å². The summed E-state index contributed by atoms with van der Waals surface area (Å²) in [6.45, 7) is 4.30. The second kappa shape index (κ2) is 10.5. The van der Waals surface area contributed by atoms with Gasteiger partial charge in [-0.3, -0.25) is 18.9 Å². The highest BCUT2D eigenvalue weighted by atomic mass is 16.5. The molecule has 0 spiro atoms. The van der Waals surface area contributed by atoms with E-state index in [4.69, 9.17) is 9.26 Å². The number of aromatic nitrogens is 4. The number of H-pyrrole nitrogens is 1. The number of hydrogen-bond donors (Lipinski definition) is 1. The van der Waals surface area contributed by atoms with Crippen LogP contribution in [0.4, 0.5) is 0 Å². The molecule has 8 heteroatoms. The standard InChI is InChI=1S/C29H26N4O4/c1-3-36-28-30-19(2)24(16-20-10-6-4-7-11-20)27(34)33(28)18-21-14-15-23(22-12-8-5-9-13-22)25(17-21)26-31-29(35)37-32-26/h4-15,17H,3,16,18H2,1-2H3,(H,31,32,35). The van der Waals surface area contributed by atoms with E-state index in [9.17, 15) is 9.59 Å². The van der Waals surface area contributed by atoms with Gasteiger partial charge in [-0.1, -0.05) is 78.0 Å². The Morgan fingerprint density at radius 2 is 1.65 bits per heavy atom. The maximum atomic E-state index is 13.7. The molecule has 2 heterocycles. The number of aryl methyl sites for hydroxylation is 1. The number of nitrogens with zero attached hydrogens (tertiary/aromatic N) is 3. The lowest BCUT2D eigenvalue weighted by Gasteiger charge is -2.17. The van der Waals surface area contributed by atoms with E-state index in [0.717, 1.165) is 22.3 Å². The van der Waals surface area contributed by atoms with Crippen molar-refractivity contribution in [3.05, 3.63) is 122 Å². The highest BCUT2D eigenvalue weighted by Gasteiger charge is 2.18. The molecule has 5 rings (SSSR count). The van der Waals surface area contributed by atoms with Gasteiger partial charge in [0, 0.05) is 17.5 Å². The van der Waals surface area contributed by atoms with Crippen LogP contribution < -0.4 is 16.1 Å². The monoisotopic (exact) mass is 494 g/mol. The molecule has 0 atom stereocenters. The van der Waals surface area contributed by atoms with Crippen LogP contribution in [0.1, 0.15) is 29.3 Å². The summed E-state index contributed by atoms with van der Waals surface area (Å²) in [6, 6.07) is 25.7. The van der Waals surface area contributed by atoms with E-state index in [1.807, 2.05) is 92.7 Å². The Labute approximate surface area is 213 Å². The molecule has 0 saturated carbocycles. The highest BCUT2D eigenvalue weighted by Crippen LogP contribution is 2.31. The number of benzene rings is 3. The Bertz CT molecular complexity index is 1640. The van der Waals surface area contributed by atoms with Crippen molar-refractivity contribution >= 4 is 0 Å². The quantitative estimate of drug-likeness (QED) is 0.338. The third-order valence-corrected chi connectivity index (χ3v) is 6.14. The molecule has 0 aliphatic rings. The average Bonchev–Trinajstić information content (AvgIpc) is 3.36. The SMILES string of the molecule is CCOc1nc(C)c(Cc2ccccc2)c(=O)n1Cc1ccc(-c2ccccc2)c(-c2noc(=O)[nH]2)c1. The minimum absolute atomic E-state index is 0.150. The van der Waals surface area contributed by atoms with Gasteiger partial charge in [0.25, 0.3) is 11.6 Å². The smallest absolute Gasteiger partial charge is 0.439 e. The van der Waals surface area contributed by atoms with Crippen LogP contribution in [-0.2, 0) is 13.0 Å². The molecule has 0 aliphatic heterocycles. The molecule has 0 aliphatic carbocycles.